The van der Waals surface area contributed by atoms with E-state index in [4.69, 9.17) is 5.21 Å². The molecule has 1 heterocycles. The molecule has 0 aromatic heterocycles. The Morgan fingerprint density at radius 1 is 1.16 bits per heavy atom. The fourth-order valence-electron chi connectivity index (χ4n) is 3.10. The number of anilines is 1. The Hall–Kier alpha value is -2.63. The van der Waals surface area contributed by atoms with E-state index in [1.54, 1.807) is 11.6 Å². The molecule has 25 heavy (non-hydrogen) atoms. The molecule has 1 amide bonds. The van der Waals surface area contributed by atoms with Gasteiger partial charge in [0.05, 0.1) is 0 Å². The Morgan fingerprint density at radius 2 is 1.88 bits per heavy atom. The highest BCUT2D eigenvalue weighted by molar-refractivity contribution is 5.91. The van der Waals surface area contributed by atoms with E-state index in [0.29, 0.717) is 0 Å². The van der Waals surface area contributed by atoms with Crippen molar-refractivity contribution in [2.45, 2.75) is 6.92 Å². The third kappa shape index (κ3) is 4.26. The Kier molecular flexibility index (Phi) is 5.48. The lowest BCUT2D eigenvalue weighted by Gasteiger charge is -2.29. The van der Waals surface area contributed by atoms with Gasteiger partial charge in [0.15, 0.2) is 0 Å². The molecule has 0 unspecified atom stereocenters. The van der Waals surface area contributed by atoms with Gasteiger partial charge in [0, 0.05) is 37.9 Å². The van der Waals surface area contributed by atoms with Crippen molar-refractivity contribution in [3.63, 3.8) is 0 Å². The smallest absolute Gasteiger partial charge is 0.267 e. The molecule has 1 fully saturated rings. The van der Waals surface area contributed by atoms with E-state index in [1.807, 2.05) is 12.1 Å². The summed E-state index contributed by atoms with van der Waals surface area (Å²) < 4.78 is 0. The maximum Gasteiger partial charge on any atom is 0.267 e. The number of hydrogen-bond acceptors (Lipinski definition) is 4. The van der Waals surface area contributed by atoms with Crippen molar-refractivity contribution in [2.24, 2.45) is 0 Å². The first kappa shape index (κ1) is 17.2. The normalized spacial score (nSPS) is 14.7. The molecular weight excluding hydrogens is 314 g/mol. The first-order valence-electron chi connectivity index (χ1n) is 8.46. The first-order valence-corrected chi connectivity index (χ1v) is 8.46. The van der Waals surface area contributed by atoms with Crippen molar-refractivity contribution < 1.29 is 10.0 Å². The van der Waals surface area contributed by atoms with Crippen LogP contribution in [0.1, 0.15) is 11.1 Å². The van der Waals surface area contributed by atoms with Crippen molar-refractivity contribution in [1.82, 2.24) is 10.8 Å². The van der Waals surface area contributed by atoms with Crippen LogP contribution >= 0.6 is 0 Å². The minimum Gasteiger partial charge on any atom is -0.369 e. The maximum atomic E-state index is 11.1. The molecule has 130 valence electrons. The molecule has 1 aliphatic heterocycles. The third-order valence-corrected chi connectivity index (χ3v) is 4.45. The average molecular weight is 337 g/mol. The highest BCUT2D eigenvalue weighted by Crippen LogP contribution is 2.27. The number of nitrogens with one attached hydrogen (secondary N) is 2. The Bertz CT molecular complexity index is 763. The summed E-state index contributed by atoms with van der Waals surface area (Å²) in [5, 5.41) is 11.9. The van der Waals surface area contributed by atoms with E-state index in [0.717, 1.165) is 37.3 Å². The highest BCUT2D eigenvalue weighted by Gasteiger charge is 2.10. The van der Waals surface area contributed by atoms with Crippen LogP contribution < -0.4 is 15.7 Å². The molecule has 0 spiro atoms. The molecule has 0 saturated carbocycles. The van der Waals surface area contributed by atoms with E-state index in [-0.39, 0.29) is 0 Å². The number of hydroxylamine groups is 1. The second-order valence-electron chi connectivity index (χ2n) is 6.17. The minimum absolute atomic E-state index is 0.537. The number of carbonyl (C=O) groups excluding carboxylic acids is 1. The number of benzene rings is 2. The largest absolute Gasteiger partial charge is 0.369 e. The predicted octanol–water partition coefficient (Wildman–Crippen LogP) is 2.59. The van der Waals surface area contributed by atoms with Crippen LogP contribution in [0.4, 0.5) is 5.69 Å². The summed E-state index contributed by atoms with van der Waals surface area (Å²) >= 11 is 0. The van der Waals surface area contributed by atoms with Crippen molar-refractivity contribution in [3.05, 3.63) is 59.7 Å². The molecule has 5 heteroatoms. The lowest BCUT2D eigenvalue weighted by molar-refractivity contribution is -0.124. The molecule has 5 nitrogen and oxygen atoms in total. The molecule has 0 aliphatic carbocycles. The van der Waals surface area contributed by atoms with Gasteiger partial charge in [-0.05, 0) is 47.4 Å². The SMILES string of the molecule is Cc1cc(/C=C/C(=O)NO)ccc1-c1ccc(N2CCNCC2)cc1. The van der Waals surface area contributed by atoms with Gasteiger partial charge >= 0.3 is 0 Å². The number of aryl methyl sites for hydroxylation is 1. The second-order valence-corrected chi connectivity index (χ2v) is 6.17. The molecule has 3 rings (SSSR count). The summed E-state index contributed by atoms with van der Waals surface area (Å²) in [6.07, 6.45) is 2.98. The van der Waals surface area contributed by atoms with Crippen molar-refractivity contribution in [3.8, 4) is 11.1 Å². The molecule has 0 atom stereocenters. The van der Waals surface area contributed by atoms with E-state index < -0.39 is 5.91 Å². The molecule has 2 aromatic rings. The standard InChI is InChI=1S/C20H23N3O2/c1-15-14-16(3-9-20(24)22-25)2-8-19(15)17-4-6-18(7-5-17)23-12-10-21-11-13-23/h2-9,14,21,25H,10-13H2,1H3,(H,22,24)/b9-3+. The summed E-state index contributed by atoms with van der Waals surface area (Å²) in [4.78, 5) is 13.5. The lowest BCUT2D eigenvalue weighted by Crippen LogP contribution is -2.43. The molecule has 0 radical (unpaired) electrons. The summed E-state index contributed by atoms with van der Waals surface area (Å²) in [6, 6.07) is 14.7. The highest BCUT2D eigenvalue weighted by atomic mass is 16.5. The van der Waals surface area contributed by atoms with Crippen LogP contribution in [0.25, 0.3) is 17.2 Å². The van der Waals surface area contributed by atoms with Crippen LogP contribution in [0.5, 0.6) is 0 Å². The maximum absolute atomic E-state index is 11.1. The van der Waals surface area contributed by atoms with Crippen molar-refractivity contribution >= 4 is 17.7 Å². The Labute approximate surface area is 147 Å². The molecular formula is C20H23N3O2. The molecule has 0 bridgehead atoms. The number of carbonyl (C=O) groups is 1. The average Bonchev–Trinajstić information content (AvgIpc) is 2.67. The zero-order valence-electron chi connectivity index (χ0n) is 14.3. The number of rotatable bonds is 4. The van der Waals surface area contributed by atoms with Gasteiger partial charge in [-0.1, -0.05) is 30.3 Å². The van der Waals surface area contributed by atoms with Crippen LogP contribution in [0, 0.1) is 6.92 Å². The molecule has 1 saturated heterocycles. The third-order valence-electron chi connectivity index (χ3n) is 4.45. The number of piperazine rings is 1. The minimum atomic E-state index is -0.537. The summed E-state index contributed by atoms with van der Waals surface area (Å²) in [5.74, 6) is -0.537. The monoisotopic (exact) mass is 337 g/mol. The van der Waals surface area contributed by atoms with Gasteiger partial charge in [-0.25, -0.2) is 5.48 Å². The van der Waals surface area contributed by atoms with E-state index >= 15 is 0 Å². The number of hydrogen-bond donors (Lipinski definition) is 3. The number of amides is 1. The summed E-state index contributed by atoms with van der Waals surface area (Å²) in [6.45, 7) is 6.21. The van der Waals surface area contributed by atoms with Gasteiger partial charge in [-0.3, -0.25) is 10.0 Å². The molecule has 2 aromatic carbocycles. The molecule has 3 N–H and O–H groups in total. The lowest BCUT2D eigenvalue weighted by atomic mass is 9.98. The van der Waals surface area contributed by atoms with Gasteiger partial charge in [-0.15, -0.1) is 0 Å². The second kappa shape index (κ2) is 7.96. The van der Waals surface area contributed by atoms with Crippen LogP contribution in [0.2, 0.25) is 0 Å². The summed E-state index contributed by atoms with van der Waals surface area (Å²) in [5.41, 5.74) is 7.26. The van der Waals surface area contributed by atoms with E-state index in [1.165, 1.54) is 22.9 Å². The topological polar surface area (TPSA) is 64.6 Å². The van der Waals surface area contributed by atoms with Gasteiger partial charge in [0.2, 0.25) is 0 Å². The Morgan fingerprint density at radius 3 is 2.52 bits per heavy atom. The fourth-order valence-corrected chi connectivity index (χ4v) is 3.10. The quantitative estimate of drug-likeness (QED) is 0.456. The van der Waals surface area contributed by atoms with Gasteiger partial charge < -0.3 is 10.2 Å². The van der Waals surface area contributed by atoms with E-state index in [2.05, 4.69) is 47.5 Å². The predicted molar refractivity (Wildman–Crippen MR) is 101 cm³/mol. The zero-order chi connectivity index (χ0) is 17.6. The van der Waals surface area contributed by atoms with Gasteiger partial charge in [0.25, 0.3) is 5.91 Å². The van der Waals surface area contributed by atoms with Crippen LogP contribution in [-0.4, -0.2) is 37.3 Å². The van der Waals surface area contributed by atoms with Crippen molar-refractivity contribution in [1.29, 1.82) is 0 Å². The first-order chi connectivity index (χ1) is 12.2. The zero-order valence-corrected chi connectivity index (χ0v) is 14.3. The van der Waals surface area contributed by atoms with Crippen LogP contribution in [-0.2, 0) is 4.79 Å². The van der Waals surface area contributed by atoms with Crippen molar-refractivity contribution in [2.75, 3.05) is 31.1 Å². The molecule has 1 aliphatic rings. The van der Waals surface area contributed by atoms with Gasteiger partial charge in [0.1, 0.15) is 0 Å². The van der Waals surface area contributed by atoms with Gasteiger partial charge in [-0.2, -0.15) is 0 Å². The summed E-state index contributed by atoms with van der Waals surface area (Å²) in [7, 11) is 0. The Balaban J connectivity index is 1.77. The number of nitrogens with zero attached hydrogens (tertiary/aromatic N) is 1. The van der Waals surface area contributed by atoms with E-state index in [9.17, 15) is 4.79 Å². The van der Waals surface area contributed by atoms with Crippen LogP contribution in [0.3, 0.4) is 0 Å². The fraction of sp³-hybridized carbons (Fsp3) is 0.250. The van der Waals surface area contributed by atoms with Crippen LogP contribution in [0.15, 0.2) is 48.5 Å².